The predicted molar refractivity (Wildman–Crippen MR) is 103 cm³/mol. The minimum atomic E-state index is -1.15. The van der Waals surface area contributed by atoms with Gasteiger partial charge in [-0.3, -0.25) is 14.5 Å². The normalized spacial score (nSPS) is 18.5. The number of carbonyl (C=O) groups is 3. The van der Waals surface area contributed by atoms with E-state index >= 15 is 0 Å². The van der Waals surface area contributed by atoms with E-state index in [9.17, 15) is 14.4 Å². The van der Waals surface area contributed by atoms with Crippen LogP contribution in [-0.4, -0.2) is 29.3 Å². The van der Waals surface area contributed by atoms with Crippen LogP contribution < -0.4 is 10.6 Å². The summed E-state index contributed by atoms with van der Waals surface area (Å²) >= 11 is 0. The van der Waals surface area contributed by atoms with E-state index in [1.807, 2.05) is 31.2 Å². The van der Waals surface area contributed by atoms with E-state index in [0.29, 0.717) is 29.7 Å². The monoisotopic (exact) mass is 376 g/mol. The molecule has 0 spiro atoms. The molecule has 1 aliphatic heterocycles. The Hall–Kier alpha value is -3.66. The number of hydrogen-bond donors (Lipinski definition) is 2. The smallest absolute Gasteiger partial charge is 0.325 e. The highest BCUT2D eigenvalue weighted by Crippen LogP contribution is 2.33. The number of imide groups is 1. The van der Waals surface area contributed by atoms with Crippen molar-refractivity contribution in [2.45, 2.75) is 25.3 Å². The van der Waals surface area contributed by atoms with Gasteiger partial charge in [-0.2, -0.15) is 5.26 Å². The summed E-state index contributed by atoms with van der Waals surface area (Å²) in [7, 11) is 0. The third-order valence-electron chi connectivity index (χ3n) is 4.67. The average Bonchev–Trinajstić information content (AvgIpc) is 2.94. The molecule has 1 saturated heterocycles. The third kappa shape index (κ3) is 3.58. The van der Waals surface area contributed by atoms with E-state index < -0.39 is 23.4 Å². The van der Waals surface area contributed by atoms with Crippen LogP contribution in [0.5, 0.6) is 0 Å². The fourth-order valence-corrected chi connectivity index (χ4v) is 3.35. The van der Waals surface area contributed by atoms with Gasteiger partial charge in [-0.25, -0.2) is 4.79 Å². The van der Waals surface area contributed by atoms with Gasteiger partial charge in [0.25, 0.3) is 5.91 Å². The molecule has 1 fully saturated rings. The van der Waals surface area contributed by atoms with Gasteiger partial charge < -0.3 is 10.6 Å². The Morgan fingerprint density at radius 2 is 1.82 bits per heavy atom. The third-order valence-corrected chi connectivity index (χ3v) is 4.67. The minimum absolute atomic E-state index is 0.386. The molecule has 0 aromatic heterocycles. The number of nitrogens with zero attached hydrogens (tertiary/aromatic N) is 2. The number of amides is 4. The van der Waals surface area contributed by atoms with Crippen LogP contribution in [0.3, 0.4) is 0 Å². The van der Waals surface area contributed by atoms with Crippen LogP contribution in [-0.2, 0) is 15.1 Å². The number of urea groups is 1. The maximum atomic E-state index is 13.1. The largest absolute Gasteiger partial charge is 0.325 e. The molecule has 7 heteroatoms. The Kier molecular flexibility index (Phi) is 5.41. The zero-order valence-electron chi connectivity index (χ0n) is 15.4. The second-order valence-electron chi connectivity index (χ2n) is 6.58. The number of rotatable bonds is 6. The van der Waals surface area contributed by atoms with Crippen LogP contribution >= 0.6 is 0 Å². The quantitative estimate of drug-likeness (QED) is 0.757. The maximum Gasteiger partial charge on any atom is 0.325 e. The van der Waals surface area contributed by atoms with Gasteiger partial charge in [0.1, 0.15) is 12.1 Å². The second-order valence-corrected chi connectivity index (χ2v) is 6.58. The standard InChI is InChI=1S/C21H20N4O3/c1-2-12-21(16-6-4-3-5-7-16)19(27)25(20(28)24-21)14-18(26)23-17-10-8-15(13-22)9-11-17/h3-11H,2,12,14H2,1H3,(H,23,26)(H,24,28)/t21-/m0/s1. The van der Waals surface area contributed by atoms with Crippen molar-refractivity contribution in [2.24, 2.45) is 0 Å². The van der Waals surface area contributed by atoms with Gasteiger partial charge >= 0.3 is 6.03 Å². The van der Waals surface area contributed by atoms with E-state index in [0.717, 1.165) is 4.90 Å². The molecule has 7 nitrogen and oxygen atoms in total. The highest BCUT2D eigenvalue weighted by atomic mass is 16.2. The van der Waals surface area contributed by atoms with Crippen molar-refractivity contribution in [2.75, 3.05) is 11.9 Å². The summed E-state index contributed by atoms with van der Waals surface area (Å²) in [5, 5.41) is 14.2. The fourth-order valence-electron chi connectivity index (χ4n) is 3.35. The zero-order valence-corrected chi connectivity index (χ0v) is 15.4. The molecule has 3 rings (SSSR count). The van der Waals surface area contributed by atoms with Crippen LogP contribution in [0.15, 0.2) is 54.6 Å². The van der Waals surface area contributed by atoms with Gasteiger partial charge in [-0.05, 0) is 36.2 Å². The van der Waals surface area contributed by atoms with E-state index in [2.05, 4.69) is 10.6 Å². The Morgan fingerprint density at radius 1 is 1.14 bits per heavy atom. The first-order chi connectivity index (χ1) is 13.5. The Labute approximate surface area is 163 Å². The minimum Gasteiger partial charge on any atom is -0.325 e. The molecule has 0 radical (unpaired) electrons. The van der Waals surface area contributed by atoms with Crippen molar-refractivity contribution in [3.63, 3.8) is 0 Å². The van der Waals surface area contributed by atoms with Gasteiger partial charge in [-0.1, -0.05) is 43.7 Å². The fraction of sp³-hybridized carbons (Fsp3) is 0.238. The summed E-state index contributed by atoms with van der Waals surface area (Å²) in [4.78, 5) is 38.9. The number of nitriles is 1. The SMILES string of the molecule is CCC[C@@]1(c2ccccc2)NC(=O)N(CC(=O)Nc2ccc(C#N)cc2)C1=O. The first-order valence-corrected chi connectivity index (χ1v) is 9.00. The van der Waals surface area contributed by atoms with Crippen LogP contribution in [0.4, 0.5) is 10.5 Å². The molecule has 2 N–H and O–H groups in total. The van der Waals surface area contributed by atoms with Gasteiger partial charge in [0.15, 0.2) is 0 Å². The summed E-state index contributed by atoms with van der Waals surface area (Å²) in [6.07, 6.45) is 1.13. The number of anilines is 1. The van der Waals surface area contributed by atoms with Crippen LogP contribution in [0.2, 0.25) is 0 Å². The summed E-state index contributed by atoms with van der Waals surface area (Å²) < 4.78 is 0. The summed E-state index contributed by atoms with van der Waals surface area (Å²) in [6, 6.07) is 16.8. The maximum absolute atomic E-state index is 13.1. The highest BCUT2D eigenvalue weighted by molar-refractivity contribution is 6.10. The molecule has 1 heterocycles. The molecule has 1 aliphatic rings. The molecule has 1 atom stereocenters. The topological polar surface area (TPSA) is 102 Å². The molecule has 0 unspecified atom stereocenters. The van der Waals surface area contributed by atoms with Crippen molar-refractivity contribution in [3.05, 3.63) is 65.7 Å². The molecule has 0 bridgehead atoms. The Bertz CT molecular complexity index is 934. The number of hydrogen-bond acceptors (Lipinski definition) is 4. The van der Waals surface area contributed by atoms with Crippen LogP contribution in [0.1, 0.15) is 30.9 Å². The summed E-state index contributed by atoms with van der Waals surface area (Å²) in [5.41, 5.74) is 0.505. The molecule has 0 saturated carbocycles. The first-order valence-electron chi connectivity index (χ1n) is 9.00. The summed E-state index contributed by atoms with van der Waals surface area (Å²) in [6.45, 7) is 1.55. The Balaban J connectivity index is 1.77. The van der Waals surface area contributed by atoms with Crippen molar-refractivity contribution in [3.8, 4) is 6.07 Å². The van der Waals surface area contributed by atoms with E-state index in [1.165, 1.54) is 0 Å². The molecule has 142 valence electrons. The highest BCUT2D eigenvalue weighted by Gasteiger charge is 2.52. The molecule has 0 aliphatic carbocycles. The van der Waals surface area contributed by atoms with Crippen molar-refractivity contribution >= 4 is 23.5 Å². The molecular formula is C21H20N4O3. The van der Waals surface area contributed by atoms with E-state index in [4.69, 9.17) is 5.26 Å². The molecular weight excluding hydrogens is 356 g/mol. The van der Waals surface area contributed by atoms with E-state index in [-0.39, 0.29) is 6.54 Å². The van der Waals surface area contributed by atoms with Gasteiger partial charge in [-0.15, -0.1) is 0 Å². The number of carbonyl (C=O) groups excluding carboxylic acids is 3. The Morgan fingerprint density at radius 3 is 2.43 bits per heavy atom. The molecule has 4 amide bonds. The zero-order chi connectivity index (χ0) is 20.1. The van der Waals surface area contributed by atoms with Crippen LogP contribution in [0.25, 0.3) is 0 Å². The first kappa shape index (κ1) is 19.1. The van der Waals surface area contributed by atoms with Crippen molar-refractivity contribution in [1.29, 1.82) is 5.26 Å². The van der Waals surface area contributed by atoms with Gasteiger partial charge in [0.2, 0.25) is 5.91 Å². The lowest BCUT2D eigenvalue weighted by Gasteiger charge is -2.26. The number of nitrogens with one attached hydrogen (secondary N) is 2. The van der Waals surface area contributed by atoms with Crippen molar-refractivity contribution < 1.29 is 14.4 Å². The molecule has 28 heavy (non-hydrogen) atoms. The lowest BCUT2D eigenvalue weighted by atomic mass is 9.85. The van der Waals surface area contributed by atoms with Gasteiger partial charge in [0, 0.05) is 5.69 Å². The lowest BCUT2D eigenvalue weighted by Crippen LogP contribution is -2.44. The second kappa shape index (κ2) is 7.92. The average molecular weight is 376 g/mol. The van der Waals surface area contributed by atoms with Crippen molar-refractivity contribution in [1.82, 2.24) is 10.2 Å². The number of benzene rings is 2. The molecule has 2 aromatic carbocycles. The van der Waals surface area contributed by atoms with E-state index in [1.54, 1.807) is 36.4 Å². The summed E-state index contributed by atoms with van der Waals surface area (Å²) in [5.74, 6) is -0.922. The van der Waals surface area contributed by atoms with Gasteiger partial charge in [0.05, 0.1) is 11.6 Å². The lowest BCUT2D eigenvalue weighted by molar-refractivity contribution is -0.134. The predicted octanol–water partition coefficient (Wildman–Crippen LogP) is 2.74. The van der Waals surface area contributed by atoms with Crippen LogP contribution in [0, 0.1) is 11.3 Å². The molecule has 2 aromatic rings.